The second-order valence-corrected chi connectivity index (χ2v) is 7.43. The van der Waals surface area contributed by atoms with Crippen molar-refractivity contribution in [1.29, 1.82) is 0 Å². The van der Waals surface area contributed by atoms with Crippen LogP contribution in [-0.4, -0.2) is 15.7 Å². The lowest BCUT2D eigenvalue weighted by atomic mass is 10.2. The Hall–Kier alpha value is -0.170. The van der Waals surface area contributed by atoms with E-state index in [0.29, 0.717) is 10.2 Å². The number of alkyl halides is 1. The summed E-state index contributed by atoms with van der Waals surface area (Å²) in [5, 5.41) is 4.05. The Balaban J connectivity index is 2.22. The van der Waals surface area contributed by atoms with E-state index in [1.165, 1.54) is 11.3 Å². The summed E-state index contributed by atoms with van der Waals surface area (Å²) in [4.78, 5) is 16.1. The highest BCUT2D eigenvalue weighted by molar-refractivity contribution is 9.10. The van der Waals surface area contributed by atoms with Crippen LogP contribution in [0.1, 0.15) is 19.8 Å². The van der Waals surface area contributed by atoms with Crippen molar-refractivity contribution in [3.8, 4) is 0 Å². The van der Waals surface area contributed by atoms with Crippen LogP contribution >= 0.6 is 54.8 Å². The van der Waals surface area contributed by atoms with Crippen LogP contribution < -0.4 is 5.32 Å². The Labute approximate surface area is 137 Å². The molecule has 1 amide bonds. The summed E-state index contributed by atoms with van der Waals surface area (Å²) >= 11 is 14.2. The first-order chi connectivity index (χ1) is 9.01. The highest BCUT2D eigenvalue weighted by Gasteiger charge is 2.16. The fourth-order valence-electron chi connectivity index (χ4n) is 1.58. The average Bonchev–Trinajstić information content (AvgIpc) is 2.72. The van der Waals surface area contributed by atoms with Crippen molar-refractivity contribution in [2.24, 2.45) is 0 Å². The van der Waals surface area contributed by atoms with Gasteiger partial charge in [-0.25, -0.2) is 4.98 Å². The van der Waals surface area contributed by atoms with Crippen molar-refractivity contribution in [2.45, 2.75) is 24.6 Å². The Morgan fingerprint density at radius 3 is 3.00 bits per heavy atom. The van der Waals surface area contributed by atoms with Gasteiger partial charge in [-0.15, -0.1) is 0 Å². The number of benzene rings is 1. The molecule has 0 radical (unpaired) electrons. The summed E-state index contributed by atoms with van der Waals surface area (Å²) in [5.74, 6) is -0.0666. The summed E-state index contributed by atoms with van der Waals surface area (Å²) in [6, 6.07) is 3.63. The summed E-state index contributed by atoms with van der Waals surface area (Å²) in [6.45, 7) is 2.04. The van der Waals surface area contributed by atoms with E-state index in [4.69, 9.17) is 11.6 Å². The number of anilines is 1. The molecule has 0 saturated carbocycles. The Morgan fingerprint density at radius 2 is 2.32 bits per heavy atom. The van der Waals surface area contributed by atoms with Crippen molar-refractivity contribution in [3.05, 3.63) is 21.6 Å². The fraction of sp³-hybridized carbons (Fsp3) is 0.333. The van der Waals surface area contributed by atoms with Crippen LogP contribution in [0.4, 0.5) is 5.13 Å². The molecule has 0 aliphatic rings. The van der Waals surface area contributed by atoms with Gasteiger partial charge in [0.15, 0.2) is 5.13 Å². The number of aromatic nitrogens is 1. The maximum atomic E-state index is 11.9. The number of halogens is 3. The Kier molecular flexibility index (Phi) is 5.22. The van der Waals surface area contributed by atoms with Gasteiger partial charge >= 0.3 is 0 Å². The number of carbonyl (C=O) groups excluding carboxylic acids is 1. The number of thiazole rings is 1. The lowest BCUT2D eigenvalue weighted by Crippen LogP contribution is -2.22. The molecule has 7 heteroatoms. The summed E-state index contributed by atoms with van der Waals surface area (Å²) in [7, 11) is 0. The lowest BCUT2D eigenvalue weighted by molar-refractivity contribution is -0.115. The van der Waals surface area contributed by atoms with E-state index >= 15 is 0 Å². The first-order valence-electron chi connectivity index (χ1n) is 5.71. The van der Waals surface area contributed by atoms with Crippen LogP contribution in [-0.2, 0) is 4.79 Å². The second-order valence-electron chi connectivity index (χ2n) is 4.00. The number of nitrogens with one attached hydrogen (secondary N) is 1. The molecule has 0 bridgehead atoms. The lowest BCUT2D eigenvalue weighted by Gasteiger charge is -2.06. The van der Waals surface area contributed by atoms with Gasteiger partial charge in [0.25, 0.3) is 0 Å². The largest absolute Gasteiger partial charge is 0.301 e. The first kappa shape index (κ1) is 15.2. The van der Waals surface area contributed by atoms with Gasteiger partial charge in [0, 0.05) is 9.50 Å². The molecular formula is C12H11Br2ClN2OS. The van der Waals surface area contributed by atoms with E-state index in [-0.39, 0.29) is 10.7 Å². The van der Waals surface area contributed by atoms with E-state index in [1.54, 1.807) is 6.07 Å². The van der Waals surface area contributed by atoms with Crippen molar-refractivity contribution in [1.82, 2.24) is 4.98 Å². The third-order valence-corrected chi connectivity index (χ3v) is 5.08. The molecular weight excluding hydrogens is 415 g/mol. The third-order valence-electron chi connectivity index (χ3n) is 2.47. The molecule has 1 heterocycles. The van der Waals surface area contributed by atoms with E-state index in [1.807, 2.05) is 13.0 Å². The van der Waals surface area contributed by atoms with Crippen LogP contribution in [0.2, 0.25) is 5.02 Å². The maximum Gasteiger partial charge on any atom is 0.239 e. The van der Waals surface area contributed by atoms with Gasteiger partial charge in [0.05, 0.1) is 15.0 Å². The number of amides is 1. The predicted molar refractivity (Wildman–Crippen MR) is 88.6 cm³/mol. The van der Waals surface area contributed by atoms with Gasteiger partial charge in [-0.3, -0.25) is 4.79 Å². The van der Waals surface area contributed by atoms with Crippen molar-refractivity contribution >= 4 is 76.1 Å². The Bertz CT molecular complexity index is 617. The monoisotopic (exact) mass is 424 g/mol. The quantitative estimate of drug-likeness (QED) is 0.682. The predicted octanol–water partition coefficient (Wildman–Crippen LogP) is 5.21. The van der Waals surface area contributed by atoms with Gasteiger partial charge in [0.2, 0.25) is 5.91 Å². The van der Waals surface area contributed by atoms with E-state index < -0.39 is 0 Å². The third kappa shape index (κ3) is 3.68. The SMILES string of the molecule is CCC[C@@H](Br)C(=O)Nc1nc2c(Br)cc(Cl)cc2s1. The minimum atomic E-state index is -0.184. The molecule has 1 aromatic heterocycles. The zero-order chi connectivity index (χ0) is 14.0. The number of hydrogen-bond acceptors (Lipinski definition) is 3. The van der Waals surface area contributed by atoms with Gasteiger partial charge in [-0.2, -0.15) is 0 Å². The highest BCUT2D eigenvalue weighted by atomic mass is 79.9. The maximum absolute atomic E-state index is 11.9. The van der Waals surface area contributed by atoms with Crippen LogP contribution in [0.5, 0.6) is 0 Å². The van der Waals surface area contributed by atoms with E-state index in [9.17, 15) is 4.79 Å². The van der Waals surface area contributed by atoms with Crippen LogP contribution in [0.3, 0.4) is 0 Å². The first-order valence-corrected chi connectivity index (χ1v) is 8.62. The molecule has 19 heavy (non-hydrogen) atoms. The normalized spacial score (nSPS) is 12.6. The Morgan fingerprint density at radius 1 is 1.58 bits per heavy atom. The molecule has 1 aromatic carbocycles. The summed E-state index contributed by atoms with van der Waals surface area (Å²) < 4.78 is 1.77. The molecule has 2 aromatic rings. The molecule has 1 N–H and O–H groups in total. The van der Waals surface area contributed by atoms with Crippen molar-refractivity contribution < 1.29 is 4.79 Å². The highest BCUT2D eigenvalue weighted by Crippen LogP contribution is 2.34. The molecule has 0 aliphatic carbocycles. The number of carbonyl (C=O) groups is 1. The molecule has 1 atom stereocenters. The molecule has 0 spiro atoms. The number of nitrogens with zero attached hydrogens (tertiary/aromatic N) is 1. The van der Waals surface area contributed by atoms with Gasteiger partial charge < -0.3 is 5.32 Å². The minimum Gasteiger partial charge on any atom is -0.301 e. The number of rotatable bonds is 4. The van der Waals surface area contributed by atoms with Gasteiger partial charge in [0.1, 0.15) is 0 Å². The van der Waals surface area contributed by atoms with Crippen LogP contribution in [0.25, 0.3) is 10.2 Å². The minimum absolute atomic E-state index is 0.0666. The molecule has 0 saturated heterocycles. The zero-order valence-electron chi connectivity index (χ0n) is 10.0. The molecule has 2 rings (SSSR count). The zero-order valence-corrected chi connectivity index (χ0v) is 14.8. The second kappa shape index (κ2) is 6.52. The molecule has 0 fully saturated rings. The fourth-order valence-corrected chi connectivity index (χ4v) is 4.18. The molecule has 0 unspecified atom stereocenters. The summed E-state index contributed by atoms with van der Waals surface area (Å²) in [6.07, 6.45) is 1.75. The van der Waals surface area contributed by atoms with Gasteiger partial charge in [-0.05, 0) is 34.5 Å². The average molecular weight is 427 g/mol. The van der Waals surface area contributed by atoms with Crippen molar-refractivity contribution in [3.63, 3.8) is 0 Å². The molecule has 0 aliphatic heterocycles. The number of hydrogen-bond donors (Lipinski definition) is 1. The summed E-state index contributed by atoms with van der Waals surface area (Å²) in [5.41, 5.74) is 0.811. The topological polar surface area (TPSA) is 42.0 Å². The van der Waals surface area contributed by atoms with Crippen molar-refractivity contribution in [2.75, 3.05) is 5.32 Å². The standard InChI is InChI=1S/C12H11Br2ClN2OS/c1-2-3-7(13)11(18)17-12-16-10-8(14)4-6(15)5-9(10)19-12/h4-5,7H,2-3H2,1H3,(H,16,17,18)/t7-/m1/s1. The molecule has 102 valence electrons. The van der Waals surface area contributed by atoms with E-state index in [0.717, 1.165) is 27.5 Å². The smallest absolute Gasteiger partial charge is 0.239 e. The van der Waals surface area contributed by atoms with Crippen LogP contribution in [0, 0.1) is 0 Å². The van der Waals surface area contributed by atoms with Crippen LogP contribution in [0.15, 0.2) is 16.6 Å². The van der Waals surface area contributed by atoms with Gasteiger partial charge in [-0.1, -0.05) is 52.2 Å². The van der Waals surface area contributed by atoms with E-state index in [2.05, 4.69) is 42.2 Å². The molecule has 3 nitrogen and oxygen atoms in total. The number of fused-ring (bicyclic) bond motifs is 1.